The number of aliphatic hydroxyl groups excluding tert-OH is 1. The van der Waals surface area contributed by atoms with Gasteiger partial charge in [-0.2, -0.15) is 0 Å². The molecular weight excluding hydrogens is 318 g/mol. The number of carbonyl (C=O) groups excluding carboxylic acids is 1. The molecule has 1 N–H and O–H groups in total. The van der Waals surface area contributed by atoms with E-state index >= 15 is 0 Å². The Morgan fingerprint density at radius 2 is 2.00 bits per heavy atom. The molecule has 1 unspecified atom stereocenters. The molecule has 25 heavy (non-hydrogen) atoms. The summed E-state index contributed by atoms with van der Waals surface area (Å²) in [6, 6.07) is 14.6. The van der Waals surface area contributed by atoms with Crippen molar-refractivity contribution in [2.75, 3.05) is 6.54 Å². The minimum atomic E-state index is -0.911. The zero-order chi connectivity index (χ0) is 17.6. The van der Waals surface area contributed by atoms with E-state index in [0.29, 0.717) is 23.8 Å². The molecule has 0 aliphatic heterocycles. The topological polar surface area (TPSA) is 79.5 Å². The first-order valence-electron chi connectivity index (χ1n) is 7.98. The van der Waals surface area contributed by atoms with E-state index < -0.39 is 6.10 Å². The predicted octanol–water partition coefficient (Wildman–Crippen LogP) is 2.75. The Kier molecular flexibility index (Phi) is 5.20. The molecule has 3 aromatic rings. The first-order chi connectivity index (χ1) is 12.1. The maximum atomic E-state index is 12.9. The maximum absolute atomic E-state index is 12.9. The van der Waals surface area contributed by atoms with Crippen molar-refractivity contribution in [3.05, 3.63) is 83.8 Å². The van der Waals surface area contributed by atoms with Crippen LogP contribution in [0.15, 0.2) is 65.4 Å². The first-order valence-corrected chi connectivity index (χ1v) is 7.98. The van der Waals surface area contributed by atoms with Crippen molar-refractivity contribution < 1.29 is 14.3 Å². The van der Waals surface area contributed by atoms with Crippen LogP contribution in [-0.4, -0.2) is 32.4 Å². The summed E-state index contributed by atoms with van der Waals surface area (Å²) in [6.07, 6.45) is 2.14. The number of hydrogen-bond acceptors (Lipinski definition) is 5. The third kappa shape index (κ3) is 4.30. The standard InChI is InChI=1S/C19H19N3O3/c1-14-20-10-9-16(21-14)19(24)22(12-15-6-3-2-4-7-15)13-17(23)18-8-5-11-25-18/h2-11,17,23H,12-13H2,1H3. The van der Waals surface area contributed by atoms with Crippen LogP contribution in [0.1, 0.15) is 33.7 Å². The van der Waals surface area contributed by atoms with Crippen LogP contribution in [0.5, 0.6) is 0 Å². The van der Waals surface area contributed by atoms with Crippen LogP contribution in [0.4, 0.5) is 0 Å². The van der Waals surface area contributed by atoms with Crippen molar-refractivity contribution in [1.29, 1.82) is 0 Å². The summed E-state index contributed by atoms with van der Waals surface area (Å²) in [4.78, 5) is 22.7. The van der Waals surface area contributed by atoms with Gasteiger partial charge >= 0.3 is 0 Å². The molecule has 2 heterocycles. The molecule has 6 heteroatoms. The lowest BCUT2D eigenvalue weighted by Gasteiger charge is -2.24. The largest absolute Gasteiger partial charge is 0.467 e. The van der Waals surface area contributed by atoms with Gasteiger partial charge in [-0.25, -0.2) is 9.97 Å². The number of furan rings is 1. The number of amides is 1. The zero-order valence-corrected chi connectivity index (χ0v) is 13.9. The third-order valence-corrected chi connectivity index (χ3v) is 3.76. The van der Waals surface area contributed by atoms with Crippen molar-refractivity contribution in [2.24, 2.45) is 0 Å². The number of hydrogen-bond donors (Lipinski definition) is 1. The number of nitrogens with zero attached hydrogens (tertiary/aromatic N) is 3. The summed E-state index contributed by atoms with van der Waals surface area (Å²) < 4.78 is 5.24. The Hall–Kier alpha value is -2.99. The van der Waals surface area contributed by atoms with Crippen LogP contribution >= 0.6 is 0 Å². The molecule has 0 aliphatic carbocycles. The Morgan fingerprint density at radius 3 is 2.68 bits per heavy atom. The average molecular weight is 337 g/mol. The summed E-state index contributed by atoms with van der Waals surface area (Å²) in [5.41, 5.74) is 1.27. The molecule has 1 amide bonds. The zero-order valence-electron chi connectivity index (χ0n) is 13.9. The normalized spacial score (nSPS) is 11.9. The minimum absolute atomic E-state index is 0.101. The van der Waals surface area contributed by atoms with Gasteiger partial charge in [0.2, 0.25) is 0 Å². The maximum Gasteiger partial charge on any atom is 0.272 e. The van der Waals surface area contributed by atoms with E-state index in [4.69, 9.17) is 4.42 Å². The van der Waals surface area contributed by atoms with Crippen molar-refractivity contribution in [1.82, 2.24) is 14.9 Å². The first kappa shape index (κ1) is 16.9. The summed E-state index contributed by atoms with van der Waals surface area (Å²) in [5, 5.41) is 10.4. The smallest absolute Gasteiger partial charge is 0.272 e. The van der Waals surface area contributed by atoms with Gasteiger partial charge in [0, 0.05) is 12.7 Å². The lowest BCUT2D eigenvalue weighted by molar-refractivity contribution is 0.0557. The fraction of sp³-hybridized carbons (Fsp3) is 0.211. The summed E-state index contributed by atoms with van der Waals surface area (Å²) >= 11 is 0. The number of rotatable bonds is 6. The highest BCUT2D eigenvalue weighted by molar-refractivity contribution is 5.92. The van der Waals surface area contributed by atoms with E-state index in [1.807, 2.05) is 30.3 Å². The molecule has 0 aliphatic rings. The minimum Gasteiger partial charge on any atom is -0.467 e. The molecule has 1 atom stereocenters. The Labute approximate surface area is 145 Å². The highest BCUT2D eigenvalue weighted by Gasteiger charge is 2.22. The second-order valence-corrected chi connectivity index (χ2v) is 5.69. The van der Waals surface area contributed by atoms with E-state index in [2.05, 4.69) is 9.97 Å². The number of benzene rings is 1. The molecule has 6 nitrogen and oxygen atoms in total. The molecule has 1 aromatic carbocycles. The van der Waals surface area contributed by atoms with E-state index in [9.17, 15) is 9.90 Å². The van der Waals surface area contributed by atoms with Crippen LogP contribution in [0.3, 0.4) is 0 Å². The molecule has 2 aromatic heterocycles. The van der Waals surface area contributed by atoms with Gasteiger partial charge in [0.05, 0.1) is 12.8 Å². The Morgan fingerprint density at radius 1 is 1.20 bits per heavy atom. The Balaban J connectivity index is 1.84. The third-order valence-electron chi connectivity index (χ3n) is 3.76. The van der Waals surface area contributed by atoms with Gasteiger partial charge in [-0.15, -0.1) is 0 Å². The van der Waals surface area contributed by atoms with E-state index in [1.165, 1.54) is 6.26 Å². The summed E-state index contributed by atoms with van der Waals surface area (Å²) in [7, 11) is 0. The monoisotopic (exact) mass is 337 g/mol. The lowest BCUT2D eigenvalue weighted by Crippen LogP contribution is -2.35. The van der Waals surface area contributed by atoms with E-state index in [1.54, 1.807) is 36.2 Å². The average Bonchev–Trinajstić information content (AvgIpc) is 3.16. The molecule has 0 saturated carbocycles. The molecule has 3 rings (SSSR count). The highest BCUT2D eigenvalue weighted by atomic mass is 16.4. The van der Waals surface area contributed by atoms with Crippen molar-refractivity contribution >= 4 is 5.91 Å². The van der Waals surface area contributed by atoms with Crippen LogP contribution in [0.2, 0.25) is 0 Å². The fourth-order valence-corrected chi connectivity index (χ4v) is 2.54. The van der Waals surface area contributed by atoms with Gasteiger partial charge in [-0.1, -0.05) is 30.3 Å². The van der Waals surface area contributed by atoms with Crippen molar-refractivity contribution in [3.63, 3.8) is 0 Å². The number of aromatic nitrogens is 2. The summed E-state index contributed by atoms with van der Waals surface area (Å²) in [5.74, 6) is 0.682. The quantitative estimate of drug-likeness (QED) is 0.748. The van der Waals surface area contributed by atoms with Gasteiger partial charge in [0.25, 0.3) is 5.91 Å². The lowest BCUT2D eigenvalue weighted by atomic mass is 10.1. The SMILES string of the molecule is Cc1nccc(C(=O)N(Cc2ccccc2)CC(O)c2ccco2)n1. The molecular formula is C19H19N3O3. The second kappa shape index (κ2) is 7.72. The fourth-order valence-electron chi connectivity index (χ4n) is 2.54. The second-order valence-electron chi connectivity index (χ2n) is 5.69. The van der Waals surface area contributed by atoms with Crippen LogP contribution < -0.4 is 0 Å². The van der Waals surface area contributed by atoms with Crippen molar-refractivity contribution in [2.45, 2.75) is 19.6 Å². The summed E-state index contributed by atoms with van der Waals surface area (Å²) in [6.45, 7) is 2.20. The van der Waals surface area contributed by atoms with Crippen LogP contribution in [0.25, 0.3) is 0 Å². The number of aryl methyl sites for hydroxylation is 1. The molecule has 0 saturated heterocycles. The van der Waals surface area contributed by atoms with E-state index in [0.717, 1.165) is 5.56 Å². The molecule has 128 valence electrons. The van der Waals surface area contributed by atoms with Gasteiger partial charge in [-0.05, 0) is 30.7 Å². The van der Waals surface area contributed by atoms with Crippen molar-refractivity contribution in [3.8, 4) is 0 Å². The van der Waals surface area contributed by atoms with Crippen LogP contribution in [0, 0.1) is 6.92 Å². The van der Waals surface area contributed by atoms with Gasteiger partial charge in [0.15, 0.2) is 0 Å². The Bertz CT molecular complexity index is 819. The molecule has 0 bridgehead atoms. The van der Waals surface area contributed by atoms with Gasteiger partial charge < -0.3 is 14.4 Å². The number of aliphatic hydroxyl groups is 1. The molecule has 0 radical (unpaired) electrons. The predicted molar refractivity (Wildman–Crippen MR) is 91.6 cm³/mol. The van der Waals surface area contributed by atoms with E-state index in [-0.39, 0.29) is 12.5 Å². The number of carbonyl (C=O) groups is 1. The molecule has 0 spiro atoms. The van der Waals surface area contributed by atoms with Gasteiger partial charge in [-0.3, -0.25) is 4.79 Å². The highest BCUT2D eigenvalue weighted by Crippen LogP contribution is 2.18. The van der Waals surface area contributed by atoms with Crippen LogP contribution in [-0.2, 0) is 6.54 Å². The van der Waals surface area contributed by atoms with Gasteiger partial charge in [0.1, 0.15) is 23.4 Å². The molecule has 0 fully saturated rings.